The molecule has 1 atom stereocenters. The highest BCUT2D eigenvalue weighted by Crippen LogP contribution is 2.38. The van der Waals surface area contributed by atoms with Gasteiger partial charge in [-0.1, -0.05) is 42.4 Å². The molecule has 3 aromatic rings. The summed E-state index contributed by atoms with van der Waals surface area (Å²) in [7, 11) is 4.06. The van der Waals surface area contributed by atoms with E-state index in [1.54, 1.807) is 0 Å². The molecule has 1 amide bonds. The summed E-state index contributed by atoms with van der Waals surface area (Å²) in [5, 5.41) is 12.3. The third kappa shape index (κ3) is 6.27. The molecule has 2 saturated heterocycles. The second-order valence-electron chi connectivity index (χ2n) is 12.4. The molecule has 1 unspecified atom stereocenters. The zero-order chi connectivity index (χ0) is 31.7. The van der Waals surface area contributed by atoms with Gasteiger partial charge in [-0.05, 0) is 38.0 Å². The van der Waals surface area contributed by atoms with Crippen molar-refractivity contribution < 1.29 is 18.7 Å². The Morgan fingerprint density at radius 3 is 2.67 bits per heavy atom. The molecular weight excluding hydrogens is 597 g/mol. The molecule has 3 aliphatic heterocycles. The fourth-order valence-corrected chi connectivity index (χ4v) is 6.99. The van der Waals surface area contributed by atoms with Crippen molar-refractivity contribution in [2.24, 2.45) is 5.41 Å². The Bertz CT molecular complexity index is 1650. The van der Waals surface area contributed by atoms with Gasteiger partial charge in [-0.25, -0.2) is 4.39 Å². The number of rotatable bonds is 9. The van der Waals surface area contributed by atoms with Crippen molar-refractivity contribution in [2.45, 2.75) is 25.4 Å². The number of aromatic nitrogens is 2. The zero-order valence-electron chi connectivity index (χ0n) is 25.6. The van der Waals surface area contributed by atoms with Gasteiger partial charge in [-0.15, -0.1) is 0 Å². The third-order valence-electron chi connectivity index (χ3n) is 8.77. The first-order valence-corrected chi connectivity index (χ1v) is 15.5. The van der Waals surface area contributed by atoms with E-state index in [1.807, 2.05) is 32.3 Å². The molecule has 0 saturated carbocycles. The van der Waals surface area contributed by atoms with Crippen LogP contribution in [0.3, 0.4) is 0 Å². The number of hydrogen-bond acceptors (Lipinski definition) is 9. The standard InChI is InChI=1S/C33H37ClFN7O3/c1-22(35)31(43)42-15-14-41(16-24(42)10-12-36)30-25-11-13-40(28-9-5-7-23-6-4-8-26(34)29(23)28)17-27(25)37-32(38-30)45-21-33(18-39(2)3)19-44-20-33/h4-9,24H,1,10-11,13-21H2,2-3H3. The van der Waals surface area contributed by atoms with Gasteiger partial charge in [0.25, 0.3) is 5.91 Å². The molecule has 2 aromatic carbocycles. The minimum Gasteiger partial charge on any atom is -0.463 e. The number of nitriles is 1. The lowest BCUT2D eigenvalue weighted by atomic mass is 9.86. The lowest BCUT2D eigenvalue weighted by Crippen LogP contribution is -2.56. The number of carbonyl (C=O) groups excluding carboxylic acids is 1. The van der Waals surface area contributed by atoms with Crippen LogP contribution in [0.1, 0.15) is 17.7 Å². The average molecular weight is 634 g/mol. The summed E-state index contributed by atoms with van der Waals surface area (Å²) in [6.45, 7) is 7.85. The summed E-state index contributed by atoms with van der Waals surface area (Å²) in [5.41, 5.74) is 2.75. The van der Waals surface area contributed by atoms with Gasteiger partial charge in [0.1, 0.15) is 12.4 Å². The van der Waals surface area contributed by atoms with Gasteiger partial charge in [-0.3, -0.25) is 4.79 Å². The number of nitrogens with zero attached hydrogens (tertiary/aromatic N) is 7. The minimum absolute atomic E-state index is 0.0643. The predicted octanol–water partition coefficient (Wildman–Crippen LogP) is 4.22. The monoisotopic (exact) mass is 633 g/mol. The first-order valence-electron chi connectivity index (χ1n) is 15.1. The Balaban J connectivity index is 1.34. The number of anilines is 2. The number of piperazine rings is 1. The van der Waals surface area contributed by atoms with Crippen LogP contribution in [0.25, 0.3) is 10.8 Å². The fourth-order valence-electron chi connectivity index (χ4n) is 6.71. The largest absolute Gasteiger partial charge is 0.463 e. The number of hydrogen-bond donors (Lipinski definition) is 0. The quantitative estimate of drug-likeness (QED) is 0.321. The molecule has 2 fully saturated rings. The predicted molar refractivity (Wildman–Crippen MR) is 171 cm³/mol. The van der Waals surface area contributed by atoms with Gasteiger partial charge < -0.3 is 29.1 Å². The van der Waals surface area contributed by atoms with Crippen LogP contribution in [-0.2, 0) is 22.5 Å². The number of carbonyl (C=O) groups is 1. The Morgan fingerprint density at radius 1 is 1.20 bits per heavy atom. The smallest absolute Gasteiger partial charge is 0.318 e. The van der Waals surface area contributed by atoms with E-state index in [9.17, 15) is 14.4 Å². The van der Waals surface area contributed by atoms with Crippen molar-refractivity contribution in [2.75, 3.05) is 76.4 Å². The van der Waals surface area contributed by atoms with E-state index in [0.29, 0.717) is 50.9 Å². The minimum atomic E-state index is -1.03. The second kappa shape index (κ2) is 12.8. The Labute approximate surface area is 267 Å². The molecule has 6 rings (SSSR count). The number of ether oxygens (including phenoxy) is 2. The first-order chi connectivity index (χ1) is 21.7. The van der Waals surface area contributed by atoms with Gasteiger partial charge in [0, 0.05) is 49.4 Å². The van der Waals surface area contributed by atoms with E-state index < -0.39 is 17.8 Å². The third-order valence-corrected chi connectivity index (χ3v) is 9.09. The van der Waals surface area contributed by atoms with Gasteiger partial charge in [0.15, 0.2) is 5.83 Å². The van der Waals surface area contributed by atoms with Crippen LogP contribution < -0.4 is 14.5 Å². The van der Waals surface area contributed by atoms with Crippen LogP contribution in [0.15, 0.2) is 48.8 Å². The second-order valence-corrected chi connectivity index (χ2v) is 12.8. The molecule has 0 spiro atoms. The lowest BCUT2D eigenvalue weighted by Gasteiger charge is -2.43. The maximum Gasteiger partial charge on any atom is 0.318 e. The molecule has 12 heteroatoms. The highest BCUT2D eigenvalue weighted by Gasteiger charge is 2.41. The van der Waals surface area contributed by atoms with Crippen LogP contribution in [0.5, 0.6) is 6.01 Å². The van der Waals surface area contributed by atoms with E-state index in [0.717, 1.165) is 46.6 Å². The van der Waals surface area contributed by atoms with E-state index in [1.165, 1.54) is 4.90 Å². The van der Waals surface area contributed by atoms with E-state index in [4.69, 9.17) is 31.0 Å². The molecule has 4 heterocycles. The van der Waals surface area contributed by atoms with Crippen LogP contribution in [0.2, 0.25) is 5.02 Å². The molecule has 0 N–H and O–H groups in total. The normalized spacial score (nSPS) is 19.2. The molecule has 236 valence electrons. The van der Waals surface area contributed by atoms with Crippen molar-refractivity contribution in [3.8, 4) is 12.1 Å². The molecule has 10 nitrogen and oxygen atoms in total. The van der Waals surface area contributed by atoms with Gasteiger partial charge in [-0.2, -0.15) is 15.2 Å². The molecule has 3 aliphatic rings. The molecule has 0 radical (unpaired) electrons. The highest BCUT2D eigenvalue weighted by molar-refractivity contribution is 6.36. The summed E-state index contributed by atoms with van der Waals surface area (Å²) in [6, 6.07) is 14.0. The summed E-state index contributed by atoms with van der Waals surface area (Å²) in [4.78, 5) is 30.3. The Hall–Kier alpha value is -3.98. The Morgan fingerprint density at radius 2 is 1.98 bits per heavy atom. The molecule has 1 aromatic heterocycles. The maximum absolute atomic E-state index is 13.8. The van der Waals surface area contributed by atoms with Gasteiger partial charge in [0.05, 0.1) is 54.4 Å². The maximum atomic E-state index is 13.8. The fraction of sp³-hybridized carbons (Fsp3) is 0.455. The highest BCUT2D eigenvalue weighted by atomic mass is 35.5. The lowest BCUT2D eigenvalue weighted by molar-refractivity contribution is -0.140. The average Bonchev–Trinajstić information content (AvgIpc) is 3.01. The van der Waals surface area contributed by atoms with Crippen molar-refractivity contribution in [3.05, 3.63) is 65.1 Å². The molecule has 0 bridgehead atoms. The van der Waals surface area contributed by atoms with E-state index in [2.05, 4.69) is 45.5 Å². The van der Waals surface area contributed by atoms with E-state index in [-0.39, 0.29) is 24.4 Å². The Kier molecular flexibility index (Phi) is 8.82. The summed E-state index contributed by atoms with van der Waals surface area (Å²) in [5.74, 6) is -1.07. The molecule has 45 heavy (non-hydrogen) atoms. The number of fused-ring (bicyclic) bond motifs is 2. The summed E-state index contributed by atoms with van der Waals surface area (Å²) in [6.07, 6.45) is 0.738. The summed E-state index contributed by atoms with van der Waals surface area (Å²) >= 11 is 6.69. The van der Waals surface area contributed by atoms with Crippen LogP contribution in [0, 0.1) is 16.7 Å². The van der Waals surface area contributed by atoms with Gasteiger partial charge in [0.2, 0.25) is 0 Å². The van der Waals surface area contributed by atoms with Crippen molar-refractivity contribution in [1.82, 2.24) is 19.8 Å². The number of amides is 1. The summed E-state index contributed by atoms with van der Waals surface area (Å²) < 4.78 is 25.7. The van der Waals surface area contributed by atoms with Crippen molar-refractivity contribution in [3.63, 3.8) is 0 Å². The van der Waals surface area contributed by atoms with Crippen LogP contribution in [0.4, 0.5) is 15.9 Å². The number of benzene rings is 2. The molecule has 0 aliphatic carbocycles. The van der Waals surface area contributed by atoms with Crippen LogP contribution >= 0.6 is 11.6 Å². The topological polar surface area (TPSA) is 98.1 Å². The zero-order valence-corrected chi connectivity index (χ0v) is 26.4. The van der Waals surface area contributed by atoms with Crippen molar-refractivity contribution in [1.29, 1.82) is 5.26 Å². The first kappa shape index (κ1) is 31.0. The van der Waals surface area contributed by atoms with E-state index >= 15 is 0 Å². The molecular formula is C33H37ClFN7O3. The van der Waals surface area contributed by atoms with Crippen molar-refractivity contribution >= 4 is 39.8 Å². The SMILES string of the molecule is C=C(F)C(=O)N1CCN(c2nc(OCC3(CN(C)C)COC3)nc3c2CCN(c2cccc4cccc(Cl)c24)C3)CC1CC#N. The van der Waals surface area contributed by atoms with Crippen LogP contribution in [-0.4, -0.2) is 98.4 Å². The number of halogens is 2. The van der Waals surface area contributed by atoms with Gasteiger partial charge >= 0.3 is 6.01 Å².